The van der Waals surface area contributed by atoms with Gasteiger partial charge in [-0.3, -0.25) is 14.6 Å². The monoisotopic (exact) mass is 540 g/mol. The molecule has 3 aromatic rings. The van der Waals surface area contributed by atoms with E-state index in [4.69, 9.17) is 4.74 Å². The van der Waals surface area contributed by atoms with E-state index in [0.29, 0.717) is 18.0 Å². The van der Waals surface area contributed by atoms with Crippen molar-refractivity contribution in [1.82, 2.24) is 20.0 Å². The van der Waals surface area contributed by atoms with E-state index in [1.54, 1.807) is 0 Å². The van der Waals surface area contributed by atoms with Crippen molar-refractivity contribution in [3.8, 4) is 5.75 Å². The van der Waals surface area contributed by atoms with Crippen LogP contribution in [0.5, 0.6) is 5.75 Å². The second-order valence-electron chi connectivity index (χ2n) is 11.1. The Kier molecular flexibility index (Phi) is 10.2. The van der Waals surface area contributed by atoms with Gasteiger partial charge in [0.15, 0.2) is 0 Å². The van der Waals surface area contributed by atoms with Gasteiger partial charge in [-0.15, -0.1) is 0 Å². The SMILES string of the molecule is CCN1CCN(CCNC(=O)c2cccc(OC3CCCN(CC(c4ccccc4)c4ccccc4)C3)c2)CC1. The quantitative estimate of drug-likeness (QED) is 0.381. The van der Waals surface area contributed by atoms with Crippen molar-refractivity contribution in [2.45, 2.75) is 31.8 Å². The summed E-state index contributed by atoms with van der Waals surface area (Å²) in [5.41, 5.74) is 3.35. The molecule has 0 aliphatic carbocycles. The van der Waals surface area contributed by atoms with Crippen LogP contribution in [0.3, 0.4) is 0 Å². The minimum absolute atomic E-state index is 0.0310. The van der Waals surface area contributed by atoms with Gasteiger partial charge in [-0.25, -0.2) is 0 Å². The second-order valence-corrected chi connectivity index (χ2v) is 11.1. The molecule has 2 fully saturated rings. The first-order chi connectivity index (χ1) is 19.7. The van der Waals surface area contributed by atoms with Crippen LogP contribution in [0.4, 0.5) is 0 Å². The third-order valence-corrected chi connectivity index (χ3v) is 8.33. The van der Waals surface area contributed by atoms with Gasteiger partial charge in [0.1, 0.15) is 11.9 Å². The number of hydrogen-bond acceptors (Lipinski definition) is 5. The summed E-state index contributed by atoms with van der Waals surface area (Å²) in [7, 11) is 0. The molecule has 212 valence electrons. The summed E-state index contributed by atoms with van der Waals surface area (Å²) in [5, 5.41) is 3.10. The lowest BCUT2D eigenvalue weighted by atomic mass is 9.90. The van der Waals surface area contributed by atoms with Crippen LogP contribution in [0.2, 0.25) is 0 Å². The molecule has 6 nitrogen and oxygen atoms in total. The van der Waals surface area contributed by atoms with Crippen LogP contribution in [0.1, 0.15) is 47.2 Å². The van der Waals surface area contributed by atoms with Gasteiger partial charge in [0.25, 0.3) is 5.91 Å². The molecule has 0 radical (unpaired) electrons. The van der Waals surface area contributed by atoms with Crippen LogP contribution in [0, 0.1) is 0 Å². The Labute approximate surface area is 239 Å². The van der Waals surface area contributed by atoms with Crippen molar-refractivity contribution in [2.75, 3.05) is 65.4 Å². The van der Waals surface area contributed by atoms with E-state index >= 15 is 0 Å². The van der Waals surface area contributed by atoms with Crippen molar-refractivity contribution >= 4 is 5.91 Å². The molecular formula is C34H44N4O2. The Morgan fingerprint density at radius 1 is 0.850 bits per heavy atom. The fraction of sp³-hybridized carbons (Fsp3) is 0.441. The minimum Gasteiger partial charge on any atom is -0.489 e. The number of piperidine rings is 1. The normalized spacial score (nSPS) is 19.0. The fourth-order valence-corrected chi connectivity index (χ4v) is 5.97. The Hall–Kier alpha value is -3.19. The average Bonchev–Trinajstić information content (AvgIpc) is 3.01. The molecule has 1 amide bonds. The standard InChI is InChI=1S/C34H44N4O2/c1-2-36-21-23-37(24-22-36)20-18-35-34(39)30-15-9-16-31(25-30)40-32-17-10-19-38(26-32)27-33(28-11-5-3-6-12-28)29-13-7-4-8-14-29/h3-9,11-16,25,32-33H,2,10,17-24,26-27H2,1H3,(H,35,39). The van der Waals surface area contributed by atoms with Crippen LogP contribution in [0.15, 0.2) is 84.9 Å². The van der Waals surface area contributed by atoms with Gasteiger partial charge < -0.3 is 15.0 Å². The smallest absolute Gasteiger partial charge is 0.251 e. The van der Waals surface area contributed by atoms with E-state index in [-0.39, 0.29) is 12.0 Å². The summed E-state index contributed by atoms with van der Waals surface area (Å²) in [6.45, 7) is 12.2. The number of rotatable bonds is 11. The zero-order chi connectivity index (χ0) is 27.6. The average molecular weight is 541 g/mol. The van der Waals surface area contributed by atoms with Gasteiger partial charge in [0.2, 0.25) is 0 Å². The number of carbonyl (C=O) groups excluding carboxylic acids is 1. The van der Waals surface area contributed by atoms with E-state index in [1.165, 1.54) is 11.1 Å². The van der Waals surface area contributed by atoms with E-state index in [9.17, 15) is 4.79 Å². The fourth-order valence-electron chi connectivity index (χ4n) is 5.97. The predicted molar refractivity (Wildman–Crippen MR) is 162 cm³/mol. The summed E-state index contributed by atoms with van der Waals surface area (Å²) in [6.07, 6.45) is 2.24. The van der Waals surface area contributed by atoms with Gasteiger partial charge in [0, 0.05) is 63.8 Å². The molecule has 3 aromatic carbocycles. The van der Waals surface area contributed by atoms with Crippen molar-refractivity contribution in [3.63, 3.8) is 0 Å². The lowest BCUT2D eigenvalue weighted by Crippen LogP contribution is -2.48. The molecule has 0 spiro atoms. The Balaban J connectivity index is 1.14. The zero-order valence-corrected chi connectivity index (χ0v) is 23.9. The number of amides is 1. The maximum absolute atomic E-state index is 12.9. The number of piperazine rings is 1. The first-order valence-electron chi connectivity index (χ1n) is 15.0. The Morgan fingerprint density at radius 3 is 2.20 bits per heavy atom. The molecule has 1 unspecified atom stereocenters. The molecule has 40 heavy (non-hydrogen) atoms. The molecule has 2 aliphatic heterocycles. The summed E-state index contributed by atoms with van der Waals surface area (Å²) >= 11 is 0. The van der Waals surface area contributed by atoms with Crippen LogP contribution < -0.4 is 10.1 Å². The summed E-state index contributed by atoms with van der Waals surface area (Å²) in [5.74, 6) is 1.07. The van der Waals surface area contributed by atoms with Gasteiger partial charge in [-0.1, -0.05) is 73.7 Å². The van der Waals surface area contributed by atoms with Gasteiger partial charge in [-0.05, 0) is 55.3 Å². The first kappa shape index (κ1) is 28.3. The van der Waals surface area contributed by atoms with Crippen LogP contribution >= 0.6 is 0 Å². The van der Waals surface area contributed by atoms with Crippen LogP contribution in [0.25, 0.3) is 0 Å². The van der Waals surface area contributed by atoms with E-state index in [1.807, 2.05) is 24.3 Å². The Morgan fingerprint density at radius 2 is 1.52 bits per heavy atom. The number of likely N-dealkylation sites (N-methyl/N-ethyl adjacent to an activating group) is 1. The van der Waals surface area contributed by atoms with Crippen molar-refractivity contribution in [1.29, 1.82) is 0 Å². The number of carbonyl (C=O) groups is 1. The molecule has 0 bridgehead atoms. The van der Waals surface area contributed by atoms with E-state index < -0.39 is 0 Å². The Bertz CT molecular complexity index is 1140. The van der Waals surface area contributed by atoms with Crippen LogP contribution in [-0.4, -0.2) is 92.2 Å². The molecule has 0 saturated carbocycles. The maximum Gasteiger partial charge on any atom is 0.251 e. The molecular weight excluding hydrogens is 496 g/mol. The second kappa shape index (κ2) is 14.4. The predicted octanol–water partition coefficient (Wildman–Crippen LogP) is 4.73. The highest BCUT2D eigenvalue weighted by atomic mass is 16.5. The van der Waals surface area contributed by atoms with E-state index in [2.05, 4.69) is 87.6 Å². The molecule has 1 N–H and O–H groups in total. The maximum atomic E-state index is 12.9. The van der Waals surface area contributed by atoms with E-state index in [0.717, 1.165) is 77.5 Å². The summed E-state index contributed by atoms with van der Waals surface area (Å²) < 4.78 is 6.46. The van der Waals surface area contributed by atoms with Crippen molar-refractivity contribution in [2.24, 2.45) is 0 Å². The number of nitrogens with zero attached hydrogens (tertiary/aromatic N) is 3. The highest BCUT2D eigenvalue weighted by Gasteiger charge is 2.25. The minimum atomic E-state index is -0.0310. The number of nitrogens with one attached hydrogen (secondary N) is 1. The molecule has 1 atom stereocenters. The van der Waals surface area contributed by atoms with Crippen molar-refractivity contribution < 1.29 is 9.53 Å². The molecule has 2 saturated heterocycles. The van der Waals surface area contributed by atoms with Gasteiger partial charge >= 0.3 is 0 Å². The number of likely N-dealkylation sites (tertiary alicyclic amines) is 1. The molecule has 2 heterocycles. The number of hydrogen-bond donors (Lipinski definition) is 1. The van der Waals surface area contributed by atoms with Crippen LogP contribution in [-0.2, 0) is 0 Å². The van der Waals surface area contributed by atoms with Crippen molar-refractivity contribution in [3.05, 3.63) is 102 Å². The lowest BCUT2D eigenvalue weighted by Gasteiger charge is -2.35. The first-order valence-corrected chi connectivity index (χ1v) is 15.0. The largest absolute Gasteiger partial charge is 0.489 e. The third-order valence-electron chi connectivity index (χ3n) is 8.33. The highest BCUT2D eigenvalue weighted by Crippen LogP contribution is 2.28. The summed E-state index contributed by atoms with van der Waals surface area (Å²) in [6, 6.07) is 29.3. The summed E-state index contributed by atoms with van der Waals surface area (Å²) in [4.78, 5) is 20.3. The lowest BCUT2D eigenvalue weighted by molar-refractivity contribution is 0.0860. The molecule has 5 rings (SSSR count). The van der Waals surface area contributed by atoms with Gasteiger partial charge in [-0.2, -0.15) is 0 Å². The number of benzene rings is 3. The molecule has 6 heteroatoms. The highest BCUT2D eigenvalue weighted by molar-refractivity contribution is 5.94. The number of ether oxygens (including phenoxy) is 1. The molecule has 0 aromatic heterocycles. The third kappa shape index (κ3) is 7.94. The molecule has 2 aliphatic rings. The zero-order valence-electron chi connectivity index (χ0n) is 23.9. The van der Waals surface area contributed by atoms with Gasteiger partial charge in [0.05, 0.1) is 0 Å². The topological polar surface area (TPSA) is 48.1 Å².